The van der Waals surface area contributed by atoms with Gasteiger partial charge in [-0.15, -0.1) is 0 Å². The highest BCUT2D eigenvalue weighted by atomic mass is 32.2. The lowest BCUT2D eigenvalue weighted by Gasteiger charge is -2.09. The smallest absolute Gasteiger partial charge is 0.269 e. The van der Waals surface area contributed by atoms with Crippen molar-refractivity contribution in [3.8, 4) is 11.5 Å². The average Bonchev–Trinajstić information content (AvgIpc) is 2.95. The Morgan fingerprint density at radius 3 is 2.64 bits per heavy atom. The van der Waals surface area contributed by atoms with E-state index in [0.717, 1.165) is 24.8 Å². The summed E-state index contributed by atoms with van der Waals surface area (Å²) in [7, 11) is 0. The van der Waals surface area contributed by atoms with Gasteiger partial charge in [-0.3, -0.25) is 4.79 Å². The van der Waals surface area contributed by atoms with Gasteiger partial charge in [0, 0.05) is 12.1 Å². The Kier molecular flexibility index (Phi) is 7.52. The highest BCUT2D eigenvalue weighted by molar-refractivity contribution is 7.91. The van der Waals surface area contributed by atoms with Gasteiger partial charge in [-0.05, 0) is 48.6 Å². The number of amides is 1. The van der Waals surface area contributed by atoms with E-state index in [4.69, 9.17) is 4.42 Å². The average molecular weight is 362 g/mol. The molecule has 1 amide bonds. The summed E-state index contributed by atoms with van der Waals surface area (Å²) in [4.78, 5) is 16.2. The number of rotatable bonds is 9. The maximum absolute atomic E-state index is 12.2. The minimum absolute atomic E-state index is 0.00343. The van der Waals surface area contributed by atoms with Crippen molar-refractivity contribution in [3.63, 3.8) is 0 Å². The van der Waals surface area contributed by atoms with E-state index in [9.17, 15) is 9.35 Å². The van der Waals surface area contributed by atoms with Crippen molar-refractivity contribution in [3.05, 3.63) is 41.3 Å². The Morgan fingerprint density at radius 2 is 2.00 bits per heavy atom. The molecule has 1 heterocycles. The second-order valence-corrected chi connectivity index (χ2v) is 7.46. The van der Waals surface area contributed by atoms with Gasteiger partial charge in [-0.1, -0.05) is 32.4 Å². The normalized spacial score (nSPS) is 12.2. The third-order valence-corrected chi connectivity index (χ3v) is 5.12. The van der Waals surface area contributed by atoms with Crippen LogP contribution in [0.15, 0.2) is 28.7 Å². The van der Waals surface area contributed by atoms with Gasteiger partial charge >= 0.3 is 0 Å². The Labute approximate surface area is 152 Å². The molecule has 0 radical (unpaired) electrons. The number of aromatic nitrogens is 1. The molecule has 6 heteroatoms. The zero-order valence-corrected chi connectivity index (χ0v) is 15.9. The molecule has 1 aromatic heterocycles. The first kappa shape index (κ1) is 19.5. The number of benzene rings is 1. The molecule has 25 heavy (non-hydrogen) atoms. The van der Waals surface area contributed by atoms with E-state index in [1.165, 1.54) is 5.56 Å². The van der Waals surface area contributed by atoms with E-state index in [0.29, 0.717) is 23.9 Å². The molecule has 5 nitrogen and oxygen atoms in total. The van der Waals surface area contributed by atoms with Crippen LogP contribution in [0.25, 0.3) is 11.5 Å². The second-order valence-electron chi connectivity index (χ2n) is 6.00. The Hall–Kier alpha value is -1.79. The minimum Gasteiger partial charge on any atom is -0.616 e. The van der Waals surface area contributed by atoms with E-state index in [1.807, 2.05) is 31.2 Å². The monoisotopic (exact) mass is 362 g/mol. The molecule has 2 aromatic rings. The lowest BCUT2D eigenvalue weighted by atomic mass is 10.1. The van der Waals surface area contributed by atoms with Gasteiger partial charge in [0.15, 0.2) is 11.5 Å². The maximum Gasteiger partial charge on any atom is 0.269 e. The number of unbranched alkanes of at least 4 members (excludes halogenated alkanes) is 1. The van der Waals surface area contributed by atoms with E-state index in [2.05, 4.69) is 24.1 Å². The van der Waals surface area contributed by atoms with Crippen LogP contribution < -0.4 is 5.32 Å². The summed E-state index contributed by atoms with van der Waals surface area (Å²) < 4.78 is 17.9. The topological polar surface area (TPSA) is 78.2 Å². The lowest BCUT2D eigenvalue weighted by molar-refractivity contribution is -0.118. The third kappa shape index (κ3) is 5.90. The molecule has 1 atom stereocenters. The fraction of sp³-hybridized carbons (Fsp3) is 0.474. The Bertz CT molecular complexity index is 682. The molecule has 0 aliphatic rings. The Balaban J connectivity index is 1.96. The van der Waals surface area contributed by atoms with Gasteiger partial charge in [0.05, 0.1) is 0 Å². The number of aryl methyl sites for hydroxylation is 2. The second kappa shape index (κ2) is 9.63. The van der Waals surface area contributed by atoms with Crippen molar-refractivity contribution in [2.75, 3.05) is 12.3 Å². The van der Waals surface area contributed by atoms with Gasteiger partial charge in [0.25, 0.3) is 5.91 Å². The molecule has 2 rings (SSSR count). The van der Waals surface area contributed by atoms with Crippen molar-refractivity contribution in [2.24, 2.45) is 0 Å². The summed E-state index contributed by atoms with van der Waals surface area (Å²) in [6.45, 7) is 6.61. The minimum atomic E-state index is -1.30. The number of nitrogens with zero attached hydrogens (tertiary/aromatic N) is 1. The fourth-order valence-electron chi connectivity index (χ4n) is 2.37. The molecule has 1 unspecified atom stereocenters. The standard InChI is InChI=1S/C19H26N2O3S/c1-4-6-11-20-18(22)13-25(23)12-17-14(3)24-19(21-17)16-9-7-15(5-2)8-10-16/h7-10H,4-6,11-13H2,1-3H3,(H,20,22). The highest BCUT2D eigenvalue weighted by Gasteiger charge is 2.19. The van der Waals surface area contributed by atoms with Crippen LogP contribution in [0.1, 0.15) is 43.7 Å². The molecule has 0 aliphatic carbocycles. The van der Waals surface area contributed by atoms with Crippen molar-refractivity contribution in [2.45, 2.75) is 45.8 Å². The summed E-state index contributed by atoms with van der Waals surface area (Å²) in [5, 5.41) is 2.78. The summed E-state index contributed by atoms with van der Waals surface area (Å²) in [5.41, 5.74) is 2.80. The first-order chi connectivity index (χ1) is 12.0. The molecule has 0 saturated heterocycles. The van der Waals surface area contributed by atoms with Crippen LogP contribution in [0, 0.1) is 6.92 Å². The third-order valence-electron chi connectivity index (χ3n) is 3.94. The van der Waals surface area contributed by atoms with Crippen molar-refractivity contribution < 1.29 is 13.8 Å². The van der Waals surface area contributed by atoms with Crippen LogP contribution in [0.3, 0.4) is 0 Å². The molecular weight excluding hydrogens is 336 g/mol. The molecular formula is C19H26N2O3S. The van der Waals surface area contributed by atoms with Crippen LogP contribution >= 0.6 is 0 Å². The molecule has 0 saturated carbocycles. The maximum atomic E-state index is 12.2. The van der Waals surface area contributed by atoms with Crippen LogP contribution in [0.2, 0.25) is 0 Å². The Morgan fingerprint density at radius 1 is 1.28 bits per heavy atom. The van der Waals surface area contributed by atoms with Gasteiger partial charge in [-0.2, -0.15) is 0 Å². The number of carbonyl (C=O) groups excluding carboxylic acids is 1. The molecule has 0 fully saturated rings. The lowest BCUT2D eigenvalue weighted by Crippen LogP contribution is -2.31. The first-order valence-electron chi connectivity index (χ1n) is 8.70. The van der Waals surface area contributed by atoms with Crippen molar-refractivity contribution in [1.82, 2.24) is 10.3 Å². The van der Waals surface area contributed by atoms with Gasteiger partial charge in [-0.25, -0.2) is 4.98 Å². The summed E-state index contributed by atoms with van der Waals surface area (Å²) in [5.74, 6) is 1.22. The predicted molar refractivity (Wildman–Crippen MR) is 101 cm³/mol. The van der Waals surface area contributed by atoms with E-state index in [-0.39, 0.29) is 17.4 Å². The van der Waals surface area contributed by atoms with Crippen LogP contribution in [0.4, 0.5) is 0 Å². The van der Waals surface area contributed by atoms with Crippen molar-refractivity contribution >= 4 is 17.1 Å². The van der Waals surface area contributed by atoms with Gasteiger partial charge in [0.2, 0.25) is 5.89 Å². The summed E-state index contributed by atoms with van der Waals surface area (Å²) >= 11 is -1.30. The van der Waals surface area contributed by atoms with Gasteiger partial charge < -0.3 is 14.3 Å². The first-order valence-corrected chi connectivity index (χ1v) is 10.2. The number of nitrogens with one attached hydrogen (secondary N) is 1. The number of hydrogen-bond acceptors (Lipinski definition) is 4. The molecule has 0 spiro atoms. The zero-order chi connectivity index (χ0) is 18.2. The molecule has 0 aliphatic heterocycles. The van der Waals surface area contributed by atoms with E-state index < -0.39 is 11.2 Å². The summed E-state index contributed by atoms with van der Waals surface area (Å²) in [6.07, 6.45) is 2.93. The number of carbonyl (C=O) groups is 1. The number of hydrogen-bond donors (Lipinski definition) is 1. The fourth-order valence-corrected chi connectivity index (χ4v) is 3.44. The zero-order valence-electron chi connectivity index (χ0n) is 15.1. The SMILES string of the molecule is CCCCNC(=O)C[S+]([O-])Cc1nc(-c2ccc(CC)cc2)oc1C. The van der Waals surface area contributed by atoms with Crippen LogP contribution in [0.5, 0.6) is 0 Å². The number of oxazole rings is 1. The van der Waals surface area contributed by atoms with Crippen LogP contribution in [-0.2, 0) is 28.1 Å². The van der Waals surface area contributed by atoms with Crippen molar-refractivity contribution in [1.29, 1.82) is 0 Å². The highest BCUT2D eigenvalue weighted by Crippen LogP contribution is 2.23. The quantitative estimate of drug-likeness (QED) is 0.548. The van der Waals surface area contributed by atoms with E-state index >= 15 is 0 Å². The molecule has 136 valence electrons. The van der Waals surface area contributed by atoms with E-state index in [1.54, 1.807) is 0 Å². The van der Waals surface area contributed by atoms with Gasteiger partial charge in [0.1, 0.15) is 11.5 Å². The molecule has 1 aromatic carbocycles. The van der Waals surface area contributed by atoms with Crippen LogP contribution in [-0.4, -0.2) is 27.7 Å². The largest absolute Gasteiger partial charge is 0.616 e. The molecule has 0 bridgehead atoms. The molecule has 1 N–H and O–H groups in total. The predicted octanol–water partition coefficient (Wildman–Crippen LogP) is 3.38. The summed E-state index contributed by atoms with van der Waals surface area (Å²) in [6, 6.07) is 8.05.